The van der Waals surface area contributed by atoms with Crippen molar-refractivity contribution >= 4 is 15.9 Å². The van der Waals surface area contributed by atoms with Crippen LogP contribution >= 0.6 is 15.9 Å². The van der Waals surface area contributed by atoms with Crippen molar-refractivity contribution in [2.75, 3.05) is 13.2 Å². The van der Waals surface area contributed by atoms with Crippen LogP contribution in [-0.2, 0) is 6.42 Å². The number of aliphatic hydroxyl groups is 1. The number of ether oxygens (including phenoxy) is 1. The number of halogens is 1. The average molecular weight is 285 g/mol. The molecular weight excluding hydrogens is 268 g/mol. The Labute approximate surface area is 105 Å². The van der Waals surface area contributed by atoms with Gasteiger partial charge in [0.25, 0.3) is 0 Å². The molecule has 0 radical (unpaired) electrons. The minimum atomic E-state index is 0.162. The molecule has 0 unspecified atom stereocenters. The second kappa shape index (κ2) is 5.19. The second-order valence-corrected chi connectivity index (χ2v) is 5.32. The lowest BCUT2D eigenvalue weighted by Gasteiger charge is -2.13. The highest BCUT2D eigenvalue weighted by Gasteiger charge is 2.23. The number of benzene rings is 1. The van der Waals surface area contributed by atoms with E-state index >= 15 is 0 Å². The summed E-state index contributed by atoms with van der Waals surface area (Å²) in [5.74, 6) is 1.65. The molecule has 0 heterocycles. The SMILES string of the molecule is Cc1cc(Br)c(OCC2CC2)c(CCO)c1. The monoisotopic (exact) mass is 284 g/mol. The van der Waals surface area contributed by atoms with Gasteiger partial charge in [-0.05, 0) is 65.2 Å². The van der Waals surface area contributed by atoms with Gasteiger partial charge in [-0.2, -0.15) is 0 Å². The summed E-state index contributed by atoms with van der Waals surface area (Å²) < 4.78 is 6.84. The molecule has 1 aromatic rings. The third kappa shape index (κ3) is 2.98. The van der Waals surface area contributed by atoms with Crippen LogP contribution in [0.3, 0.4) is 0 Å². The molecule has 0 atom stereocenters. The predicted molar refractivity (Wildman–Crippen MR) is 67.9 cm³/mol. The number of aliphatic hydroxyl groups excluding tert-OH is 1. The molecule has 0 aromatic heterocycles. The summed E-state index contributed by atoms with van der Waals surface area (Å²) in [5, 5.41) is 9.04. The van der Waals surface area contributed by atoms with Crippen LogP contribution < -0.4 is 4.74 Å². The van der Waals surface area contributed by atoms with Gasteiger partial charge >= 0.3 is 0 Å². The Morgan fingerprint density at radius 1 is 1.44 bits per heavy atom. The third-order valence-corrected chi connectivity index (χ3v) is 3.40. The van der Waals surface area contributed by atoms with Crippen LogP contribution in [0, 0.1) is 12.8 Å². The van der Waals surface area contributed by atoms with Gasteiger partial charge in [0.1, 0.15) is 5.75 Å². The third-order valence-electron chi connectivity index (χ3n) is 2.81. The van der Waals surface area contributed by atoms with Crippen molar-refractivity contribution in [1.82, 2.24) is 0 Å². The number of hydrogen-bond donors (Lipinski definition) is 1. The van der Waals surface area contributed by atoms with E-state index < -0.39 is 0 Å². The molecule has 1 aromatic carbocycles. The molecule has 0 aliphatic heterocycles. The van der Waals surface area contributed by atoms with E-state index in [4.69, 9.17) is 9.84 Å². The molecule has 0 bridgehead atoms. The van der Waals surface area contributed by atoms with Crippen molar-refractivity contribution in [3.05, 3.63) is 27.7 Å². The first-order valence-electron chi connectivity index (χ1n) is 5.73. The van der Waals surface area contributed by atoms with Crippen LogP contribution in [0.1, 0.15) is 24.0 Å². The molecule has 1 aliphatic carbocycles. The Bertz CT molecular complexity index is 372. The fraction of sp³-hybridized carbons (Fsp3) is 0.538. The van der Waals surface area contributed by atoms with Gasteiger partial charge in [-0.15, -0.1) is 0 Å². The van der Waals surface area contributed by atoms with Crippen LogP contribution in [0.2, 0.25) is 0 Å². The van der Waals surface area contributed by atoms with Crippen molar-refractivity contribution in [1.29, 1.82) is 0 Å². The Morgan fingerprint density at radius 2 is 2.19 bits per heavy atom. The minimum Gasteiger partial charge on any atom is -0.492 e. The lowest BCUT2D eigenvalue weighted by molar-refractivity contribution is 0.280. The number of hydrogen-bond acceptors (Lipinski definition) is 2. The molecule has 0 amide bonds. The first-order valence-corrected chi connectivity index (χ1v) is 6.52. The fourth-order valence-electron chi connectivity index (χ4n) is 1.75. The van der Waals surface area contributed by atoms with E-state index in [9.17, 15) is 0 Å². The second-order valence-electron chi connectivity index (χ2n) is 4.46. The summed E-state index contributed by atoms with van der Waals surface area (Å²) in [4.78, 5) is 0. The van der Waals surface area contributed by atoms with Gasteiger partial charge in [-0.3, -0.25) is 0 Å². The lowest BCUT2D eigenvalue weighted by Crippen LogP contribution is -2.04. The Balaban J connectivity index is 2.16. The Hall–Kier alpha value is -0.540. The molecule has 3 heteroatoms. The van der Waals surface area contributed by atoms with Gasteiger partial charge in [0.05, 0.1) is 11.1 Å². The van der Waals surface area contributed by atoms with Crippen molar-refractivity contribution in [3.8, 4) is 5.75 Å². The zero-order valence-corrected chi connectivity index (χ0v) is 11.1. The van der Waals surface area contributed by atoms with E-state index in [0.717, 1.165) is 28.3 Å². The summed E-state index contributed by atoms with van der Waals surface area (Å²) in [6, 6.07) is 4.15. The van der Waals surface area contributed by atoms with E-state index in [2.05, 4.69) is 35.0 Å². The van der Waals surface area contributed by atoms with Gasteiger partial charge in [-0.25, -0.2) is 0 Å². The molecular formula is C13H17BrO2. The van der Waals surface area contributed by atoms with E-state index in [1.807, 2.05) is 0 Å². The van der Waals surface area contributed by atoms with Gasteiger partial charge in [0.15, 0.2) is 0 Å². The van der Waals surface area contributed by atoms with Crippen LogP contribution in [0.25, 0.3) is 0 Å². The Morgan fingerprint density at radius 3 is 2.81 bits per heavy atom. The first-order chi connectivity index (χ1) is 7.70. The maximum absolute atomic E-state index is 9.04. The quantitative estimate of drug-likeness (QED) is 0.901. The molecule has 1 fully saturated rings. The fourth-order valence-corrected chi connectivity index (χ4v) is 2.48. The normalized spacial score (nSPS) is 15.2. The molecule has 0 spiro atoms. The average Bonchev–Trinajstić information content (AvgIpc) is 3.00. The highest BCUT2D eigenvalue weighted by molar-refractivity contribution is 9.10. The largest absolute Gasteiger partial charge is 0.492 e. The smallest absolute Gasteiger partial charge is 0.136 e. The summed E-state index contributed by atoms with van der Waals surface area (Å²) in [7, 11) is 0. The van der Waals surface area contributed by atoms with Crippen molar-refractivity contribution in [3.63, 3.8) is 0 Å². The topological polar surface area (TPSA) is 29.5 Å². The molecule has 0 saturated heterocycles. The van der Waals surface area contributed by atoms with Crippen LogP contribution in [0.4, 0.5) is 0 Å². The van der Waals surface area contributed by atoms with E-state index in [0.29, 0.717) is 6.42 Å². The van der Waals surface area contributed by atoms with Gasteiger partial charge in [0.2, 0.25) is 0 Å². The molecule has 16 heavy (non-hydrogen) atoms. The summed E-state index contributed by atoms with van der Waals surface area (Å²) in [6.07, 6.45) is 3.23. The van der Waals surface area contributed by atoms with Gasteiger partial charge in [-0.1, -0.05) is 6.07 Å². The van der Waals surface area contributed by atoms with Crippen molar-refractivity contribution < 1.29 is 9.84 Å². The van der Waals surface area contributed by atoms with E-state index in [-0.39, 0.29) is 6.61 Å². The summed E-state index contributed by atoms with van der Waals surface area (Å²) >= 11 is 3.53. The minimum absolute atomic E-state index is 0.162. The van der Waals surface area contributed by atoms with Gasteiger partial charge < -0.3 is 9.84 Å². The lowest BCUT2D eigenvalue weighted by atomic mass is 10.1. The van der Waals surface area contributed by atoms with Crippen molar-refractivity contribution in [2.24, 2.45) is 5.92 Å². The van der Waals surface area contributed by atoms with Crippen LogP contribution in [-0.4, -0.2) is 18.3 Å². The zero-order valence-electron chi connectivity index (χ0n) is 9.50. The summed E-state index contributed by atoms with van der Waals surface area (Å²) in [5.41, 5.74) is 2.28. The highest BCUT2D eigenvalue weighted by atomic mass is 79.9. The van der Waals surface area contributed by atoms with E-state index in [1.54, 1.807) is 0 Å². The maximum atomic E-state index is 9.04. The number of rotatable bonds is 5. The molecule has 1 saturated carbocycles. The predicted octanol–water partition coefficient (Wildman–Crippen LogP) is 3.08. The van der Waals surface area contributed by atoms with E-state index in [1.165, 1.54) is 18.4 Å². The van der Waals surface area contributed by atoms with Crippen molar-refractivity contribution in [2.45, 2.75) is 26.2 Å². The van der Waals surface area contributed by atoms with Crippen LogP contribution in [0.5, 0.6) is 5.75 Å². The van der Waals surface area contributed by atoms with Gasteiger partial charge in [0, 0.05) is 6.61 Å². The molecule has 88 valence electrons. The zero-order chi connectivity index (χ0) is 11.5. The number of aryl methyl sites for hydroxylation is 1. The molecule has 2 nitrogen and oxygen atoms in total. The molecule has 1 N–H and O–H groups in total. The molecule has 1 aliphatic rings. The first kappa shape index (κ1) is 11.9. The Kier molecular flexibility index (Phi) is 3.87. The molecule has 2 rings (SSSR count). The standard InChI is InChI=1S/C13H17BrO2/c1-9-6-11(4-5-15)13(12(14)7-9)16-8-10-2-3-10/h6-7,10,15H,2-5,8H2,1H3. The summed E-state index contributed by atoms with van der Waals surface area (Å²) in [6.45, 7) is 3.02. The van der Waals surface area contributed by atoms with Crippen LogP contribution in [0.15, 0.2) is 16.6 Å². The highest BCUT2D eigenvalue weighted by Crippen LogP contribution is 2.34. The maximum Gasteiger partial charge on any atom is 0.136 e.